The lowest BCUT2D eigenvalue weighted by molar-refractivity contribution is -0.0107. The number of fused-ring (bicyclic) bond motifs is 1. The number of nitrogens with two attached hydrogens (primary N) is 1. The molecule has 43 heavy (non-hydrogen) atoms. The Kier molecular flexibility index (Phi) is 7.91. The van der Waals surface area contributed by atoms with Crippen LogP contribution < -0.4 is 10.5 Å². The molecule has 2 saturated heterocycles. The van der Waals surface area contributed by atoms with Gasteiger partial charge in [0, 0.05) is 31.2 Å². The van der Waals surface area contributed by atoms with Crippen LogP contribution in [-0.4, -0.2) is 79.6 Å². The number of anilines is 1. The van der Waals surface area contributed by atoms with Crippen molar-refractivity contribution in [1.82, 2.24) is 29.5 Å². The van der Waals surface area contributed by atoms with Gasteiger partial charge in [-0.2, -0.15) is 5.10 Å². The number of carbonyl (C=O) groups is 1. The Morgan fingerprint density at radius 2 is 1.65 bits per heavy atom. The van der Waals surface area contributed by atoms with Gasteiger partial charge in [-0.25, -0.2) is 23.8 Å². The smallest absolute Gasteiger partial charge is 0.410 e. The third kappa shape index (κ3) is 6.27. The molecule has 0 saturated carbocycles. The molecule has 2 aromatic carbocycles. The number of rotatable bonds is 5. The zero-order valence-corrected chi connectivity index (χ0v) is 24.8. The molecule has 0 aliphatic carbocycles. The van der Waals surface area contributed by atoms with Gasteiger partial charge >= 0.3 is 6.09 Å². The average Bonchev–Trinajstić information content (AvgIpc) is 3.38. The van der Waals surface area contributed by atoms with Crippen LogP contribution in [0.2, 0.25) is 0 Å². The van der Waals surface area contributed by atoms with Crippen molar-refractivity contribution in [3.8, 4) is 22.8 Å². The average molecular weight is 588 g/mol. The van der Waals surface area contributed by atoms with Crippen molar-refractivity contribution >= 4 is 22.9 Å². The van der Waals surface area contributed by atoms with Gasteiger partial charge < -0.3 is 20.1 Å². The van der Waals surface area contributed by atoms with E-state index in [1.54, 1.807) is 0 Å². The number of carbonyl (C=O) groups excluding carboxylic acids is 1. The molecule has 6 rings (SSSR count). The predicted octanol–water partition coefficient (Wildman–Crippen LogP) is 5.85. The van der Waals surface area contributed by atoms with Crippen LogP contribution in [0.5, 0.6) is 11.5 Å². The molecule has 2 aliphatic rings. The van der Waals surface area contributed by atoms with Crippen LogP contribution in [0.1, 0.15) is 46.1 Å². The highest BCUT2D eigenvalue weighted by Crippen LogP contribution is 2.36. The van der Waals surface area contributed by atoms with Crippen LogP contribution in [0.15, 0.2) is 60.9 Å². The highest BCUT2D eigenvalue weighted by molar-refractivity contribution is 5.98. The van der Waals surface area contributed by atoms with E-state index >= 15 is 4.39 Å². The van der Waals surface area contributed by atoms with Crippen LogP contribution in [0.3, 0.4) is 0 Å². The normalized spacial score (nSPS) is 20.3. The first-order chi connectivity index (χ1) is 20.7. The molecule has 226 valence electrons. The highest BCUT2D eigenvalue weighted by Gasteiger charge is 2.38. The first-order valence-corrected chi connectivity index (χ1v) is 14.8. The number of likely N-dealkylation sites (tertiary alicyclic amines) is 2. The van der Waals surface area contributed by atoms with Crippen LogP contribution in [0.4, 0.5) is 15.0 Å². The van der Waals surface area contributed by atoms with Crippen molar-refractivity contribution in [1.29, 1.82) is 0 Å². The number of ether oxygens (including phenoxy) is 2. The fourth-order valence-electron chi connectivity index (χ4n) is 6.02. The summed E-state index contributed by atoms with van der Waals surface area (Å²) in [7, 11) is 0. The number of hydrogen-bond donors (Lipinski definition) is 1. The van der Waals surface area contributed by atoms with Crippen molar-refractivity contribution in [3.63, 3.8) is 0 Å². The lowest BCUT2D eigenvalue weighted by Crippen LogP contribution is -2.56. The minimum atomic E-state index is -1.13. The Bertz CT molecular complexity index is 1560. The van der Waals surface area contributed by atoms with Gasteiger partial charge in [0.2, 0.25) is 0 Å². The quantitative estimate of drug-likeness (QED) is 0.309. The van der Waals surface area contributed by atoms with Gasteiger partial charge in [-0.3, -0.25) is 4.90 Å². The highest BCUT2D eigenvalue weighted by atomic mass is 19.1. The van der Waals surface area contributed by atoms with Crippen LogP contribution in [-0.2, 0) is 4.74 Å². The Hall–Kier alpha value is -4.25. The zero-order valence-electron chi connectivity index (χ0n) is 24.8. The molecule has 0 radical (unpaired) electrons. The summed E-state index contributed by atoms with van der Waals surface area (Å²) < 4.78 is 28.7. The van der Waals surface area contributed by atoms with Gasteiger partial charge in [-0.05, 0) is 76.4 Å². The minimum Gasteiger partial charge on any atom is -0.457 e. The largest absolute Gasteiger partial charge is 0.457 e. The van der Waals surface area contributed by atoms with E-state index in [9.17, 15) is 4.79 Å². The fourth-order valence-corrected chi connectivity index (χ4v) is 6.02. The summed E-state index contributed by atoms with van der Waals surface area (Å²) in [6.45, 7) is 7.45. The summed E-state index contributed by atoms with van der Waals surface area (Å²) in [4.78, 5) is 25.0. The summed E-state index contributed by atoms with van der Waals surface area (Å²) in [6.07, 6.45) is 2.06. The number of aromatic nitrogens is 4. The number of nitrogen functional groups attached to an aromatic ring is 1. The number of para-hydroxylation sites is 1. The molecule has 10 nitrogen and oxygen atoms in total. The van der Waals surface area contributed by atoms with Crippen LogP contribution >= 0.6 is 0 Å². The van der Waals surface area contributed by atoms with E-state index in [0.717, 1.165) is 54.1 Å². The molecule has 2 aliphatic heterocycles. The number of benzene rings is 2. The van der Waals surface area contributed by atoms with E-state index in [1.807, 2.05) is 80.1 Å². The standard InChI is InChI=1S/C32H38FN7O3/c1-32(2,3)43-31(41)39-18-15-26(25(33)19-39)38-16-13-22(14-17-38)40-30-27(29(34)35-20-36-30)28(37-40)21-9-11-24(12-10-21)42-23-7-5-4-6-8-23/h4-12,20,22,25-26H,13-19H2,1-3H3,(H2,34,35,36)/t25-,26-/m0/s1. The molecular formula is C32H38FN7O3. The van der Waals surface area contributed by atoms with Crippen molar-refractivity contribution in [2.75, 3.05) is 31.9 Å². The number of hydrogen-bond acceptors (Lipinski definition) is 8. The number of amides is 1. The Balaban J connectivity index is 1.15. The van der Waals surface area contributed by atoms with Crippen LogP contribution in [0, 0.1) is 0 Å². The van der Waals surface area contributed by atoms with E-state index in [0.29, 0.717) is 24.4 Å². The molecule has 0 spiro atoms. The number of halogens is 1. The fraction of sp³-hybridized carbons (Fsp3) is 0.438. The van der Waals surface area contributed by atoms with Gasteiger partial charge in [0.15, 0.2) is 5.65 Å². The number of alkyl halides is 1. The van der Waals surface area contributed by atoms with Gasteiger partial charge in [0.1, 0.15) is 41.1 Å². The van der Waals surface area contributed by atoms with E-state index in [2.05, 4.69) is 14.9 Å². The summed E-state index contributed by atoms with van der Waals surface area (Å²) in [5.41, 5.74) is 8.06. The lowest BCUT2D eigenvalue weighted by atomic mass is 9.97. The third-order valence-electron chi connectivity index (χ3n) is 8.10. The maximum atomic E-state index is 15.3. The van der Waals surface area contributed by atoms with Gasteiger partial charge in [-0.1, -0.05) is 18.2 Å². The first-order valence-electron chi connectivity index (χ1n) is 14.8. The molecule has 0 unspecified atom stereocenters. The molecule has 11 heteroatoms. The second-order valence-corrected chi connectivity index (χ2v) is 12.3. The first kappa shape index (κ1) is 28.9. The Labute approximate surface area is 250 Å². The number of piperidine rings is 2. The molecule has 0 bridgehead atoms. The molecular weight excluding hydrogens is 549 g/mol. The molecule has 2 atom stereocenters. The monoisotopic (exact) mass is 587 g/mol. The predicted molar refractivity (Wildman–Crippen MR) is 163 cm³/mol. The second kappa shape index (κ2) is 11.8. The minimum absolute atomic E-state index is 0.0536. The van der Waals surface area contributed by atoms with E-state index < -0.39 is 17.9 Å². The summed E-state index contributed by atoms with van der Waals surface area (Å²) in [6, 6.07) is 17.2. The zero-order chi connectivity index (χ0) is 30.1. The van der Waals surface area contributed by atoms with E-state index in [-0.39, 0.29) is 18.6 Å². The Morgan fingerprint density at radius 3 is 2.33 bits per heavy atom. The molecule has 2 fully saturated rings. The molecule has 4 heterocycles. The number of nitrogens with zero attached hydrogens (tertiary/aromatic N) is 6. The maximum absolute atomic E-state index is 15.3. The van der Waals surface area contributed by atoms with E-state index in [4.69, 9.17) is 20.3 Å². The summed E-state index contributed by atoms with van der Waals surface area (Å²) in [5, 5.41) is 5.73. The second-order valence-electron chi connectivity index (χ2n) is 12.3. The molecule has 2 N–H and O–H groups in total. The van der Waals surface area contributed by atoms with Gasteiger partial charge in [-0.15, -0.1) is 0 Å². The van der Waals surface area contributed by atoms with Gasteiger partial charge in [0.05, 0.1) is 18.0 Å². The van der Waals surface area contributed by atoms with E-state index in [1.165, 1.54) is 11.2 Å². The van der Waals surface area contributed by atoms with Crippen molar-refractivity contribution in [2.24, 2.45) is 0 Å². The van der Waals surface area contributed by atoms with Crippen molar-refractivity contribution < 1.29 is 18.7 Å². The molecule has 4 aromatic rings. The van der Waals surface area contributed by atoms with Crippen LogP contribution in [0.25, 0.3) is 22.3 Å². The molecule has 2 aromatic heterocycles. The Morgan fingerprint density at radius 1 is 0.953 bits per heavy atom. The SMILES string of the molecule is CC(C)(C)OC(=O)N1CC[C@H](N2CCC(n3nc(-c4ccc(Oc5ccccc5)cc4)c4c(N)ncnc43)CC2)[C@@H](F)C1. The maximum Gasteiger partial charge on any atom is 0.410 e. The summed E-state index contributed by atoms with van der Waals surface area (Å²) >= 11 is 0. The lowest BCUT2D eigenvalue weighted by Gasteiger charge is -2.43. The molecule has 1 amide bonds. The summed E-state index contributed by atoms with van der Waals surface area (Å²) in [5.74, 6) is 1.87. The van der Waals surface area contributed by atoms with Crippen molar-refractivity contribution in [3.05, 3.63) is 60.9 Å². The van der Waals surface area contributed by atoms with Gasteiger partial charge in [0.25, 0.3) is 0 Å². The topological polar surface area (TPSA) is 112 Å². The third-order valence-corrected chi connectivity index (χ3v) is 8.10. The van der Waals surface area contributed by atoms with Crippen molar-refractivity contribution in [2.45, 2.75) is 63.9 Å².